The largest absolute Gasteiger partial charge is 0.365 e. The van der Waals surface area contributed by atoms with Gasteiger partial charge in [-0.15, -0.1) is 0 Å². The number of aromatic nitrogens is 4. The molecule has 0 saturated heterocycles. The van der Waals surface area contributed by atoms with Crippen molar-refractivity contribution in [1.29, 1.82) is 0 Å². The van der Waals surface area contributed by atoms with Gasteiger partial charge in [-0.25, -0.2) is 4.98 Å². The summed E-state index contributed by atoms with van der Waals surface area (Å²) in [5.74, 6) is 3.10. The predicted molar refractivity (Wildman–Crippen MR) is 99.0 cm³/mol. The van der Waals surface area contributed by atoms with Crippen molar-refractivity contribution in [2.45, 2.75) is 38.6 Å². The number of nitrogens with zero attached hydrogens (tertiary/aromatic N) is 3. The molecule has 0 aliphatic heterocycles. The normalized spacial score (nSPS) is 24.8. The number of anilines is 3. The van der Waals surface area contributed by atoms with Gasteiger partial charge in [-0.3, -0.25) is 0 Å². The highest BCUT2D eigenvalue weighted by Gasteiger charge is 2.39. The van der Waals surface area contributed by atoms with Crippen LogP contribution in [0.1, 0.15) is 31.2 Å². The average Bonchev–Trinajstić information content (AvgIpc) is 3.31. The molecule has 3 N–H and O–H groups in total. The molecule has 2 bridgehead atoms. The molecule has 128 valence electrons. The van der Waals surface area contributed by atoms with Gasteiger partial charge in [0.05, 0.1) is 6.33 Å². The maximum absolute atomic E-state index is 4.73. The summed E-state index contributed by atoms with van der Waals surface area (Å²) in [7, 11) is 0. The lowest BCUT2D eigenvalue weighted by molar-refractivity contribution is 0.439. The molecule has 25 heavy (non-hydrogen) atoms. The summed E-state index contributed by atoms with van der Waals surface area (Å²) in [6.07, 6.45) is 7.03. The molecule has 5 rings (SSSR count). The van der Waals surface area contributed by atoms with Crippen molar-refractivity contribution in [1.82, 2.24) is 19.9 Å². The Hall–Kier alpha value is -2.63. The number of hydrogen-bond donors (Lipinski definition) is 3. The Balaban J connectivity index is 1.46. The Morgan fingerprint density at radius 1 is 1.16 bits per heavy atom. The number of H-pyrrole nitrogens is 1. The van der Waals surface area contributed by atoms with Crippen LogP contribution in [0.25, 0.3) is 11.2 Å². The Labute approximate surface area is 146 Å². The van der Waals surface area contributed by atoms with E-state index in [1.165, 1.54) is 31.2 Å². The van der Waals surface area contributed by atoms with E-state index in [1.807, 2.05) is 12.1 Å². The first-order chi connectivity index (χ1) is 12.2. The zero-order chi connectivity index (χ0) is 16.8. The van der Waals surface area contributed by atoms with Crippen LogP contribution in [0.4, 0.5) is 17.5 Å². The Morgan fingerprint density at radius 2 is 2.12 bits per heavy atom. The van der Waals surface area contributed by atoms with Crippen LogP contribution in [0.15, 0.2) is 30.6 Å². The van der Waals surface area contributed by atoms with E-state index < -0.39 is 0 Å². The highest BCUT2D eigenvalue weighted by molar-refractivity contribution is 5.84. The molecule has 0 radical (unpaired) electrons. The number of fused-ring (bicyclic) bond motifs is 3. The van der Waals surface area contributed by atoms with Crippen LogP contribution in [0.2, 0.25) is 0 Å². The third-order valence-corrected chi connectivity index (χ3v) is 5.61. The molecule has 0 amide bonds. The highest BCUT2D eigenvalue weighted by Crippen LogP contribution is 2.45. The fourth-order valence-corrected chi connectivity index (χ4v) is 4.44. The number of nitrogens with one attached hydrogen (secondary N) is 3. The van der Waals surface area contributed by atoms with Crippen LogP contribution in [-0.2, 0) is 0 Å². The molecular weight excluding hydrogens is 312 g/mol. The maximum atomic E-state index is 4.73. The van der Waals surface area contributed by atoms with Gasteiger partial charge in [0, 0.05) is 11.7 Å². The molecule has 2 fully saturated rings. The number of imidazole rings is 1. The van der Waals surface area contributed by atoms with E-state index in [9.17, 15) is 0 Å². The standard InChI is InChI=1S/C19H22N6/c1-11-3-2-4-14(7-11)22-19-24-17-16(20-10-21-17)18(25-19)23-15-9-12-5-6-13(15)8-12/h2-4,7,10,12-13,15H,5-6,8-9H2,1H3,(H3,20,21,22,23,24,25). The second-order valence-electron chi connectivity index (χ2n) is 7.42. The van der Waals surface area contributed by atoms with Crippen molar-refractivity contribution in [3.8, 4) is 0 Å². The first kappa shape index (κ1) is 14.7. The summed E-state index contributed by atoms with van der Waals surface area (Å²) in [5.41, 5.74) is 3.77. The molecule has 2 aliphatic carbocycles. The summed E-state index contributed by atoms with van der Waals surface area (Å²) < 4.78 is 0. The zero-order valence-corrected chi connectivity index (χ0v) is 14.3. The fraction of sp³-hybridized carbons (Fsp3) is 0.421. The SMILES string of the molecule is Cc1cccc(Nc2nc(NC3CC4CCC3C4)c3nc[nH]c3n2)c1. The van der Waals surface area contributed by atoms with Crippen LogP contribution in [0.5, 0.6) is 0 Å². The van der Waals surface area contributed by atoms with Crippen LogP contribution in [0.3, 0.4) is 0 Å². The molecule has 6 heteroatoms. The van der Waals surface area contributed by atoms with Crippen molar-refractivity contribution < 1.29 is 0 Å². The van der Waals surface area contributed by atoms with Gasteiger partial charge in [0.2, 0.25) is 5.95 Å². The average molecular weight is 334 g/mol. The third kappa shape index (κ3) is 2.71. The molecule has 3 unspecified atom stereocenters. The first-order valence-electron chi connectivity index (χ1n) is 9.06. The smallest absolute Gasteiger partial charge is 0.231 e. The molecule has 1 aromatic carbocycles. The lowest BCUT2D eigenvalue weighted by Gasteiger charge is -2.23. The number of rotatable bonds is 4. The summed E-state index contributed by atoms with van der Waals surface area (Å²) in [6, 6.07) is 8.73. The predicted octanol–water partition coefficient (Wildman–Crippen LogP) is 4.01. The Bertz CT molecular complexity index is 917. The molecule has 0 spiro atoms. The summed E-state index contributed by atoms with van der Waals surface area (Å²) in [4.78, 5) is 16.8. The van der Waals surface area contributed by atoms with Crippen molar-refractivity contribution in [2.75, 3.05) is 10.6 Å². The van der Waals surface area contributed by atoms with Crippen LogP contribution in [-0.4, -0.2) is 26.0 Å². The van der Waals surface area contributed by atoms with E-state index in [0.717, 1.165) is 34.5 Å². The van der Waals surface area contributed by atoms with Gasteiger partial charge in [-0.2, -0.15) is 9.97 Å². The minimum absolute atomic E-state index is 0.514. The van der Waals surface area contributed by atoms with Crippen LogP contribution >= 0.6 is 0 Å². The van der Waals surface area contributed by atoms with Gasteiger partial charge >= 0.3 is 0 Å². The summed E-state index contributed by atoms with van der Waals surface area (Å²) in [5, 5.41) is 6.98. The number of aryl methyl sites for hydroxylation is 1. The molecule has 2 heterocycles. The van der Waals surface area contributed by atoms with Gasteiger partial charge in [-0.05, 0) is 55.7 Å². The molecule has 3 atom stereocenters. The number of benzene rings is 1. The lowest BCUT2D eigenvalue weighted by atomic mass is 9.95. The van der Waals surface area contributed by atoms with Crippen molar-refractivity contribution >= 4 is 28.6 Å². The molecule has 2 aliphatic rings. The fourth-order valence-electron chi connectivity index (χ4n) is 4.44. The molecule has 6 nitrogen and oxygen atoms in total. The number of hydrogen-bond acceptors (Lipinski definition) is 5. The second kappa shape index (κ2) is 5.72. The first-order valence-corrected chi connectivity index (χ1v) is 9.06. The van der Waals surface area contributed by atoms with E-state index in [0.29, 0.717) is 12.0 Å². The molecular formula is C19H22N6. The van der Waals surface area contributed by atoms with E-state index >= 15 is 0 Å². The van der Waals surface area contributed by atoms with E-state index in [2.05, 4.69) is 44.6 Å². The summed E-state index contributed by atoms with van der Waals surface area (Å²) in [6.45, 7) is 2.08. The topological polar surface area (TPSA) is 78.5 Å². The van der Waals surface area contributed by atoms with Gasteiger partial charge in [-0.1, -0.05) is 18.6 Å². The summed E-state index contributed by atoms with van der Waals surface area (Å²) >= 11 is 0. The number of aromatic amines is 1. The minimum atomic E-state index is 0.514. The Morgan fingerprint density at radius 3 is 2.92 bits per heavy atom. The van der Waals surface area contributed by atoms with Crippen molar-refractivity contribution in [3.63, 3.8) is 0 Å². The maximum Gasteiger partial charge on any atom is 0.231 e. The molecule has 2 aromatic heterocycles. The minimum Gasteiger partial charge on any atom is -0.365 e. The Kier molecular flexibility index (Phi) is 3.36. The van der Waals surface area contributed by atoms with Crippen LogP contribution in [0, 0.1) is 18.8 Å². The zero-order valence-electron chi connectivity index (χ0n) is 14.3. The van der Waals surface area contributed by atoms with E-state index in [1.54, 1.807) is 6.33 Å². The van der Waals surface area contributed by atoms with Crippen molar-refractivity contribution in [2.24, 2.45) is 11.8 Å². The monoisotopic (exact) mass is 334 g/mol. The second-order valence-corrected chi connectivity index (χ2v) is 7.42. The molecule has 3 aromatic rings. The third-order valence-electron chi connectivity index (χ3n) is 5.61. The molecule has 2 saturated carbocycles. The van der Waals surface area contributed by atoms with Gasteiger partial charge in [0.25, 0.3) is 0 Å². The van der Waals surface area contributed by atoms with Gasteiger partial charge in [0.15, 0.2) is 11.5 Å². The lowest BCUT2D eigenvalue weighted by Crippen LogP contribution is -2.26. The van der Waals surface area contributed by atoms with E-state index in [-0.39, 0.29) is 0 Å². The highest BCUT2D eigenvalue weighted by atomic mass is 15.2. The van der Waals surface area contributed by atoms with E-state index in [4.69, 9.17) is 4.98 Å². The van der Waals surface area contributed by atoms with Crippen LogP contribution < -0.4 is 10.6 Å². The quantitative estimate of drug-likeness (QED) is 0.672. The van der Waals surface area contributed by atoms with Gasteiger partial charge < -0.3 is 15.6 Å². The van der Waals surface area contributed by atoms with Crippen molar-refractivity contribution in [3.05, 3.63) is 36.2 Å². The van der Waals surface area contributed by atoms with Gasteiger partial charge in [0.1, 0.15) is 5.52 Å².